The van der Waals surface area contributed by atoms with Gasteiger partial charge in [-0.05, 0) is 82.4 Å². The lowest BCUT2D eigenvalue weighted by atomic mass is 9.89. The topological polar surface area (TPSA) is 170 Å². The van der Waals surface area contributed by atoms with E-state index in [1.54, 1.807) is 38.0 Å². The summed E-state index contributed by atoms with van der Waals surface area (Å²) in [6, 6.07) is 7.29. The molecule has 0 bridgehead atoms. The van der Waals surface area contributed by atoms with E-state index in [1.165, 1.54) is 0 Å². The van der Waals surface area contributed by atoms with E-state index >= 15 is 0 Å². The summed E-state index contributed by atoms with van der Waals surface area (Å²) in [5, 5.41) is 9.19. The Balaban J connectivity index is 2.29. The van der Waals surface area contributed by atoms with E-state index in [9.17, 15) is 28.8 Å². The number of benzene rings is 1. The Morgan fingerprint density at radius 3 is 2.07 bits per heavy atom. The SMILES string of the molecule is CC[C@H](C)[C@@H]([C@@H](CC(=O)N1CCC[C@H]1[C@H](OC)[C@@H](C)C(=O)N[C@@H](Cc1ccccc1)C(=O)CNCC[Si](C)(C)O)OC)N(C)C(=O)[C@@H](NC(=O)[C@H](C(C)C)N(C)C)C(C)C. The molecular weight excluding hydrogens is 781 g/mol. The van der Waals surface area contributed by atoms with Crippen LogP contribution in [0.1, 0.15) is 79.7 Å². The highest BCUT2D eigenvalue weighted by atomic mass is 28.4. The van der Waals surface area contributed by atoms with Gasteiger partial charge in [0.2, 0.25) is 23.6 Å². The zero-order valence-electron chi connectivity index (χ0n) is 39.2. The molecule has 1 aliphatic heterocycles. The van der Waals surface area contributed by atoms with Crippen LogP contribution in [0.3, 0.4) is 0 Å². The predicted molar refractivity (Wildman–Crippen MR) is 240 cm³/mol. The van der Waals surface area contributed by atoms with Gasteiger partial charge in [-0.25, -0.2) is 0 Å². The molecule has 60 heavy (non-hydrogen) atoms. The van der Waals surface area contributed by atoms with E-state index in [1.807, 2.05) is 104 Å². The van der Waals surface area contributed by atoms with Crippen LogP contribution in [0.15, 0.2) is 30.3 Å². The molecule has 2 rings (SSSR count). The zero-order valence-corrected chi connectivity index (χ0v) is 40.2. The van der Waals surface area contributed by atoms with Crippen molar-refractivity contribution in [3.05, 3.63) is 35.9 Å². The minimum Gasteiger partial charge on any atom is -0.432 e. The lowest BCUT2D eigenvalue weighted by Gasteiger charge is -2.41. The van der Waals surface area contributed by atoms with Crippen molar-refractivity contribution in [2.75, 3.05) is 55.0 Å². The Hall–Kier alpha value is -3.21. The molecule has 1 saturated heterocycles. The van der Waals surface area contributed by atoms with Crippen LogP contribution in [-0.4, -0.2) is 155 Å². The molecule has 1 aromatic carbocycles. The van der Waals surface area contributed by atoms with Crippen molar-refractivity contribution in [2.45, 2.75) is 142 Å². The van der Waals surface area contributed by atoms with Crippen LogP contribution in [0.2, 0.25) is 19.1 Å². The number of amides is 4. The summed E-state index contributed by atoms with van der Waals surface area (Å²) >= 11 is 0. The number of Topliss-reactive ketones (excluding diaryl/α,β-unsaturated/α-hetero) is 1. The first-order chi connectivity index (χ1) is 28.1. The second-order valence-corrected chi connectivity index (χ2v) is 22.6. The Morgan fingerprint density at radius 2 is 1.55 bits per heavy atom. The molecule has 14 nitrogen and oxygen atoms in total. The first kappa shape index (κ1) is 52.9. The monoisotopic (exact) mass is 861 g/mol. The van der Waals surface area contributed by atoms with Gasteiger partial charge >= 0.3 is 0 Å². The molecule has 9 atom stereocenters. The quantitative estimate of drug-likeness (QED) is 0.0796. The van der Waals surface area contributed by atoms with Crippen molar-refractivity contribution in [3.8, 4) is 0 Å². The first-order valence-corrected chi connectivity index (χ1v) is 25.1. The number of carbonyl (C=O) groups is 5. The van der Waals surface area contributed by atoms with Crippen LogP contribution < -0.4 is 16.0 Å². The van der Waals surface area contributed by atoms with Crippen LogP contribution in [0.25, 0.3) is 0 Å². The van der Waals surface area contributed by atoms with E-state index in [4.69, 9.17) is 9.47 Å². The third-order valence-electron chi connectivity index (χ3n) is 12.1. The molecule has 0 radical (unpaired) electrons. The molecule has 15 heteroatoms. The molecule has 1 aromatic rings. The van der Waals surface area contributed by atoms with Crippen molar-refractivity contribution >= 4 is 37.7 Å². The van der Waals surface area contributed by atoms with Gasteiger partial charge in [-0.1, -0.05) is 85.2 Å². The average Bonchev–Trinajstić information content (AvgIpc) is 3.67. The molecular formula is C45H80N6O8Si. The maximum absolute atomic E-state index is 14.4. The van der Waals surface area contributed by atoms with Crippen molar-refractivity contribution in [1.82, 2.24) is 30.7 Å². The third-order valence-corrected chi connectivity index (χ3v) is 13.6. The summed E-state index contributed by atoms with van der Waals surface area (Å²) in [7, 11) is 6.25. The summed E-state index contributed by atoms with van der Waals surface area (Å²) in [5.41, 5.74) is 0.910. The number of ether oxygens (including phenoxy) is 2. The number of likely N-dealkylation sites (N-methyl/N-ethyl adjacent to an activating group) is 2. The Morgan fingerprint density at radius 1 is 0.917 bits per heavy atom. The molecule has 0 spiro atoms. The van der Waals surface area contributed by atoms with Gasteiger partial charge in [-0.15, -0.1) is 0 Å². The van der Waals surface area contributed by atoms with Crippen molar-refractivity contribution in [1.29, 1.82) is 0 Å². The van der Waals surface area contributed by atoms with Gasteiger partial charge < -0.3 is 40.0 Å². The maximum atomic E-state index is 14.4. The first-order valence-electron chi connectivity index (χ1n) is 22.0. The third kappa shape index (κ3) is 15.6. The number of nitrogens with zero attached hydrogens (tertiary/aromatic N) is 3. The number of hydrogen-bond acceptors (Lipinski definition) is 10. The van der Waals surface area contributed by atoms with Crippen LogP contribution in [0.5, 0.6) is 0 Å². The zero-order chi connectivity index (χ0) is 45.5. The number of hydrogen-bond donors (Lipinski definition) is 4. The summed E-state index contributed by atoms with van der Waals surface area (Å²) in [6.45, 7) is 18.4. The average molecular weight is 861 g/mol. The molecule has 0 aromatic heterocycles. The van der Waals surface area contributed by atoms with Gasteiger partial charge in [0.05, 0.1) is 55.3 Å². The minimum atomic E-state index is -2.28. The van der Waals surface area contributed by atoms with E-state index in [-0.39, 0.29) is 60.1 Å². The second kappa shape index (κ2) is 25.0. The van der Waals surface area contributed by atoms with Crippen molar-refractivity contribution < 1.29 is 38.2 Å². The highest BCUT2D eigenvalue weighted by Gasteiger charge is 2.43. The molecule has 1 aliphatic rings. The lowest BCUT2D eigenvalue weighted by molar-refractivity contribution is -0.148. The molecule has 0 aliphatic carbocycles. The van der Waals surface area contributed by atoms with Gasteiger partial charge in [-0.3, -0.25) is 28.9 Å². The highest BCUT2D eigenvalue weighted by Crippen LogP contribution is 2.30. The largest absolute Gasteiger partial charge is 0.432 e. The van der Waals surface area contributed by atoms with E-state index < -0.39 is 56.7 Å². The summed E-state index contributed by atoms with van der Waals surface area (Å²) in [5.74, 6) is -2.02. The van der Waals surface area contributed by atoms with Gasteiger partial charge in [0.15, 0.2) is 14.1 Å². The molecule has 4 N–H and O–H groups in total. The van der Waals surface area contributed by atoms with Gasteiger partial charge in [-0.2, -0.15) is 0 Å². The van der Waals surface area contributed by atoms with Crippen LogP contribution in [-0.2, 0) is 39.9 Å². The fourth-order valence-electron chi connectivity index (χ4n) is 8.54. The molecule has 1 fully saturated rings. The van der Waals surface area contributed by atoms with Crippen LogP contribution in [0, 0.1) is 23.7 Å². The second-order valence-electron chi connectivity index (χ2n) is 18.4. The van der Waals surface area contributed by atoms with E-state index in [0.717, 1.165) is 18.4 Å². The van der Waals surface area contributed by atoms with Crippen LogP contribution in [0.4, 0.5) is 0 Å². The smallest absolute Gasteiger partial charge is 0.245 e. The number of nitrogens with one attached hydrogen (secondary N) is 3. The van der Waals surface area contributed by atoms with Gasteiger partial charge in [0.25, 0.3) is 0 Å². The van der Waals surface area contributed by atoms with Crippen molar-refractivity contribution in [2.24, 2.45) is 23.7 Å². The Bertz CT molecular complexity index is 1500. The van der Waals surface area contributed by atoms with Gasteiger partial charge in [0, 0.05) is 27.8 Å². The molecule has 1 heterocycles. The molecule has 342 valence electrons. The summed E-state index contributed by atoms with van der Waals surface area (Å²) in [4.78, 5) is 85.2. The number of likely N-dealkylation sites (tertiary alicyclic amines) is 1. The lowest BCUT2D eigenvalue weighted by Crippen LogP contribution is -2.59. The number of carbonyl (C=O) groups excluding carboxylic acids is 5. The number of rotatable bonds is 26. The Labute approximate surface area is 362 Å². The summed E-state index contributed by atoms with van der Waals surface area (Å²) < 4.78 is 12.1. The van der Waals surface area contributed by atoms with E-state index in [2.05, 4.69) is 16.0 Å². The molecule has 4 amide bonds. The fourth-order valence-corrected chi connectivity index (χ4v) is 9.33. The fraction of sp³-hybridized carbons (Fsp3) is 0.756. The molecule has 0 unspecified atom stereocenters. The predicted octanol–water partition coefficient (Wildman–Crippen LogP) is 3.72. The highest BCUT2D eigenvalue weighted by molar-refractivity contribution is 6.69. The van der Waals surface area contributed by atoms with Crippen molar-refractivity contribution in [3.63, 3.8) is 0 Å². The maximum Gasteiger partial charge on any atom is 0.245 e. The molecule has 0 saturated carbocycles. The van der Waals surface area contributed by atoms with E-state index in [0.29, 0.717) is 32.0 Å². The standard InChI is InChI=1S/C45H80N6O8Si/c1-15-31(6)41(50(10)45(56)39(29(2)3)48-44(55)40(30(4)5)49(8)9)37(58-11)27-38(53)51-24-19-22-35(51)42(59-12)32(7)43(54)47-34(26-33-20-17-16-18-21-33)36(52)28-46-23-25-60(13,14)57/h16-18,20-21,29-32,34-35,37,39-42,46,57H,15,19,22-28H2,1-14H3,(H,47,54)(H,48,55)/t31-,32+,34-,35-,37+,39-,40-,41-,42+/m0/s1. The summed E-state index contributed by atoms with van der Waals surface area (Å²) in [6.07, 6.45) is 1.10. The van der Waals surface area contributed by atoms with Crippen LogP contribution >= 0.6 is 0 Å². The normalized spacial score (nSPS) is 18.7. The van der Waals surface area contributed by atoms with Gasteiger partial charge in [0.1, 0.15) is 6.04 Å². The minimum absolute atomic E-state index is 0.00198. The Kier molecular flexibility index (Phi) is 22.1. The number of ketones is 1. The number of methoxy groups -OCH3 is 2.